The summed E-state index contributed by atoms with van der Waals surface area (Å²) < 4.78 is 7.15. The summed E-state index contributed by atoms with van der Waals surface area (Å²) in [5.74, 6) is 0.430. The fourth-order valence-corrected chi connectivity index (χ4v) is 2.52. The number of benzene rings is 2. The minimum Gasteiger partial charge on any atom is -0.494 e. The Labute approximate surface area is 151 Å². The lowest BCUT2D eigenvalue weighted by Gasteiger charge is -2.08. The first kappa shape index (κ1) is 17.0. The third-order valence-electron chi connectivity index (χ3n) is 3.49. The summed E-state index contributed by atoms with van der Waals surface area (Å²) in [4.78, 5) is 12.4. The van der Waals surface area contributed by atoms with Gasteiger partial charge in [0.15, 0.2) is 5.69 Å². The predicted octanol–water partition coefficient (Wildman–Crippen LogP) is 4.57. The third-order valence-corrected chi connectivity index (χ3v) is 3.81. The molecule has 0 saturated carbocycles. The maximum atomic E-state index is 12.4. The lowest BCUT2D eigenvalue weighted by atomic mass is 10.3. The summed E-state index contributed by atoms with van der Waals surface area (Å²) in [7, 11) is 0. The largest absolute Gasteiger partial charge is 0.494 e. The van der Waals surface area contributed by atoms with Gasteiger partial charge in [-0.15, -0.1) is 0 Å². The van der Waals surface area contributed by atoms with Crippen molar-refractivity contribution in [2.75, 3.05) is 11.9 Å². The number of amides is 1. The molecule has 0 fully saturated rings. The van der Waals surface area contributed by atoms with Gasteiger partial charge in [0, 0.05) is 18.0 Å². The molecule has 0 aliphatic carbocycles. The van der Waals surface area contributed by atoms with E-state index in [1.807, 2.05) is 43.3 Å². The van der Waals surface area contributed by atoms with Crippen LogP contribution in [-0.4, -0.2) is 22.3 Å². The molecule has 1 amide bonds. The summed E-state index contributed by atoms with van der Waals surface area (Å²) in [6, 6.07) is 16.3. The Balaban J connectivity index is 1.73. The van der Waals surface area contributed by atoms with E-state index in [1.165, 1.54) is 0 Å². The van der Waals surface area contributed by atoms with Crippen LogP contribution >= 0.6 is 11.6 Å². The van der Waals surface area contributed by atoms with Crippen LogP contribution in [0.25, 0.3) is 5.69 Å². The molecule has 128 valence electrons. The molecule has 0 radical (unpaired) electrons. The number of carbonyl (C=O) groups is 1. The summed E-state index contributed by atoms with van der Waals surface area (Å²) in [6.45, 7) is 2.68. The molecule has 1 N–H and O–H groups in total. The Morgan fingerprint density at radius 2 is 2.04 bits per heavy atom. The highest BCUT2D eigenvalue weighted by atomic mass is 35.5. The third kappa shape index (κ3) is 4.19. The first-order valence-electron chi connectivity index (χ1n) is 8.02. The second kappa shape index (κ2) is 7.85. The molecular weight excluding hydrogens is 338 g/mol. The molecule has 0 aliphatic rings. The number of halogens is 1. The molecule has 1 heterocycles. The normalized spacial score (nSPS) is 10.5. The maximum Gasteiger partial charge on any atom is 0.276 e. The molecule has 0 saturated heterocycles. The molecule has 5 nitrogen and oxygen atoms in total. The monoisotopic (exact) mass is 355 g/mol. The van der Waals surface area contributed by atoms with Gasteiger partial charge < -0.3 is 10.1 Å². The number of ether oxygens (including phenoxy) is 1. The molecule has 0 unspecified atom stereocenters. The topological polar surface area (TPSA) is 56.1 Å². The van der Waals surface area contributed by atoms with Crippen molar-refractivity contribution in [2.24, 2.45) is 0 Å². The Hall–Kier alpha value is -2.79. The minimum absolute atomic E-state index is 0.293. The van der Waals surface area contributed by atoms with Crippen LogP contribution in [0.3, 0.4) is 0 Å². The summed E-state index contributed by atoms with van der Waals surface area (Å²) in [6.07, 6.45) is 2.63. The summed E-state index contributed by atoms with van der Waals surface area (Å²) in [5, 5.41) is 7.69. The van der Waals surface area contributed by atoms with Crippen molar-refractivity contribution < 1.29 is 9.53 Å². The van der Waals surface area contributed by atoms with Gasteiger partial charge in [0.1, 0.15) is 5.75 Å². The van der Waals surface area contributed by atoms with Crippen LogP contribution in [-0.2, 0) is 0 Å². The number of carbonyl (C=O) groups excluding carboxylic acids is 1. The van der Waals surface area contributed by atoms with Gasteiger partial charge in [-0.2, -0.15) is 5.10 Å². The second-order valence-electron chi connectivity index (χ2n) is 5.43. The van der Waals surface area contributed by atoms with E-state index in [1.54, 1.807) is 29.1 Å². The maximum absolute atomic E-state index is 12.4. The first-order chi connectivity index (χ1) is 12.2. The number of aromatic nitrogens is 2. The molecule has 0 bridgehead atoms. The molecule has 3 aromatic rings. The van der Waals surface area contributed by atoms with Crippen LogP contribution in [0.5, 0.6) is 5.75 Å². The van der Waals surface area contributed by atoms with E-state index in [9.17, 15) is 4.79 Å². The van der Waals surface area contributed by atoms with E-state index in [0.717, 1.165) is 17.9 Å². The molecule has 0 aliphatic heterocycles. The summed E-state index contributed by atoms with van der Waals surface area (Å²) in [5.41, 5.74) is 1.68. The summed E-state index contributed by atoms with van der Waals surface area (Å²) >= 11 is 6.16. The van der Waals surface area contributed by atoms with Crippen molar-refractivity contribution in [1.29, 1.82) is 0 Å². The quantitative estimate of drug-likeness (QED) is 0.704. The van der Waals surface area contributed by atoms with Crippen LogP contribution in [0.1, 0.15) is 23.8 Å². The fourth-order valence-electron chi connectivity index (χ4n) is 2.30. The van der Waals surface area contributed by atoms with E-state index in [4.69, 9.17) is 16.3 Å². The van der Waals surface area contributed by atoms with E-state index in [2.05, 4.69) is 10.4 Å². The average Bonchev–Trinajstić information content (AvgIpc) is 3.11. The number of rotatable bonds is 6. The number of nitrogens with zero attached hydrogens (tertiary/aromatic N) is 2. The average molecular weight is 356 g/mol. The zero-order chi connectivity index (χ0) is 17.6. The highest BCUT2D eigenvalue weighted by Crippen LogP contribution is 2.20. The fraction of sp³-hybridized carbons (Fsp3) is 0.158. The van der Waals surface area contributed by atoms with Crippen LogP contribution in [0, 0.1) is 0 Å². The second-order valence-corrected chi connectivity index (χ2v) is 5.83. The highest BCUT2D eigenvalue weighted by Gasteiger charge is 2.12. The lowest BCUT2D eigenvalue weighted by Crippen LogP contribution is -2.13. The Kier molecular flexibility index (Phi) is 5.36. The molecule has 2 aromatic carbocycles. The molecule has 6 heteroatoms. The first-order valence-corrected chi connectivity index (χ1v) is 8.40. The highest BCUT2D eigenvalue weighted by molar-refractivity contribution is 6.32. The van der Waals surface area contributed by atoms with Crippen molar-refractivity contribution in [3.05, 3.63) is 71.5 Å². The van der Waals surface area contributed by atoms with Crippen molar-refractivity contribution in [1.82, 2.24) is 9.78 Å². The van der Waals surface area contributed by atoms with E-state index in [-0.39, 0.29) is 5.91 Å². The zero-order valence-electron chi connectivity index (χ0n) is 13.8. The number of hydrogen-bond acceptors (Lipinski definition) is 3. The molecular formula is C19H18ClN3O2. The lowest BCUT2D eigenvalue weighted by molar-refractivity contribution is 0.102. The van der Waals surface area contributed by atoms with Crippen LogP contribution in [0.15, 0.2) is 60.8 Å². The molecule has 3 rings (SSSR count). The van der Waals surface area contributed by atoms with Gasteiger partial charge in [0.25, 0.3) is 5.91 Å². The Bertz CT molecular complexity index is 876. The number of nitrogens with one attached hydrogen (secondary N) is 1. The predicted molar refractivity (Wildman–Crippen MR) is 98.8 cm³/mol. The SMILES string of the molecule is CCCOc1cccc(NC(=O)c2ccn(-c3ccccc3Cl)n2)c1. The smallest absolute Gasteiger partial charge is 0.276 e. The van der Waals surface area contributed by atoms with Crippen molar-refractivity contribution >= 4 is 23.2 Å². The van der Waals surface area contributed by atoms with Crippen molar-refractivity contribution in [3.63, 3.8) is 0 Å². The number of anilines is 1. The zero-order valence-corrected chi connectivity index (χ0v) is 14.5. The molecule has 25 heavy (non-hydrogen) atoms. The van der Waals surface area contributed by atoms with E-state index in [0.29, 0.717) is 23.0 Å². The van der Waals surface area contributed by atoms with Gasteiger partial charge in [-0.3, -0.25) is 4.79 Å². The van der Waals surface area contributed by atoms with Gasteiger partial charge in [0.2, 0.25) is 0 Å². The van der Waals surface area contributed by atoms with Gasteiger partial charge in [0.05, 0.1) is 17.3 Å². The van der Waals surface area contributed by atoms with Crippen molar-refractivity contribution in [2.45, 2.75) is 13.3 Å². The Morgan fingerprint density at radius 3 is 2.84 bits per heavy atom. The molecule has 0 atom stereocenters. The minimum atomic E-state index is -0.293. The molecule has 1 aromatic heterocycles. The van der Waals surface area contributed by atoms with Gasteiger partial charge in [-0.05, 0) is 36.8 Å². The van der Waals surface area contributed by atoms with E-state index >= 15 is 0 Å². The van der Waals surface area contributed by atoms with Gasteiger partial charge in [-0.25, -0.2) is 4.68 Å². The van der Waals surface area contributed by atoms with Crippen molar-refractivity contribution in [3.8, 4) is 11.4 Å². The molecule has 0 spiro atoms. The number of hydrogen-bond donors (Lipinski definition) is 1. The van der Waals surface area contributed by atoms with Crippen LogP contribution in [0.2, 0.25) is 5.02 Å². The van der Waals surface area contributed by atoms with Gasteiger partial charge >= 0.3 is 0 Å². The number of para-hydroxylation sites is 1. The van der Waals surface area contributed by atoms with Gasteiger partial charge in [-0.1, -0.05) is 36.7 Å². The van der Waals surface area contributed by atoms with Crippen LogP contribution < -0.4 is 10.1 Å². The Morgan fingerprint density at radius 1 is 1.20 bits per heavy atom. The van der Waals surface area contributed by atoms with Crippen LogP contribution in [0.4, 0.5) is 5.69 Å². The van der Waals surface area contributed by atoms with E-state index < -0.39 is 0 Å². The standard InChI is InChI=1S/C19H18ClN3O2/c1-2-12-25-15-7-5-6-14(13-15)21-19(24)17-10-11-23(22-17)18-9-4-3-8-16(18)20/h3-11,13H,2,12H2,1H3,(H,21,24).